The Kier molecular flexibility index (Phi) is 5.56. The second kappa shape index (κ2) is 6.71. The molecule has 1 aromatic heterocycles. The molecular weight excluding hydrogens is 200 g/mol. The first kappa shape index (κ1) is 13.3. The molecule has 3 nitrogen and oxygen atoms in total. The first-order chi connectivity index (χ1) is 7.58. The highest BCUT2D eigenvalue weighted by Crippen LogP contribution is 1.99. The van der Waals surface area contributed by atoms with Gasteiger partial charge in [-0.2, -0.15) is 0 Å². The van der Waals surface area contributed by atoms with Crippen molar-refractivity contribution in [2.45, 2.75) is 39.2 Å². The van der Waals surface area contributed by atoms with Gasteiger partial charge in [0.25, 0.3) is 0 Å². The summed E-state index contributed by atoms with van der Waals surface area (Å²) < 4.78 is 5.25. The van der Waals surface area contributed by atoms with Gasteiger partial charge in [-0.25, -0.2) is 0 Å². The molecule has 0 saturated heterocycles. The van der Waals surface area contributed by atoms with Crippen LogP contribution in [0.4, 0.5) is 0 Å². The van der Waals surface area contributed by atoms with E-state index in [1.165, 1.54) is 0 Å². The molecule has 0 saturated carbocycles. The van der Waals surface area contributed by atoms with Crippen molar-refractivity contribution in [2.75, 3.05) is 19.6 Å². The van der Waals surface area contributed by atoms with Gasteiger partial charge in [-0.05, 0) is 52.4 Å². The molecule has 0 radical (unpaired) electrons. The second-order valence-electron chi connectivity index (χ2n) is 5.11. The molecule has 0 unspecified atom stereocenters. The van der Waals surface area contributed by atoms with E-state index in [-0.39, 0.29) is 5.54 Å². The van der Waals surface area contributed by atoms with E-state index in [9.17, 15) is 0 Å². The Hall–Kier alpha value is -0.800. The molecule has 0 fully saturated rings. The van der Waals surface area contributed by atoms with E-state index >= 15 is 0 Å². The van der Waals surface area contributed by atoms with Crippen LogP contribution in [0.15, 0.2) is 22.8 Å². The molecule has 0 amide bonds. The van der Waals surface area contributed by atoms with Crippen LogP contribution in [0.1, 0.15) is 33.0 Å². The molecule has 1 rings (SSSR count). The van der Waals surface area contributed by atoms with Gasteiger partial charge in [0.2, 0.25) is 0 Å². The molecule has 16 heavy (non-hydrogen) atoms. The van der Waals surface area contributed by atoms with Gasteiger partial charge in [0.05, 0.1) is 6.26 Å². The molecule has 1 aromatic rings. The summed E-state index contributed by atoms with van der Waals surface area (Å²) >= 11 is 0. The molecule has 0 spiro atoms. The number of furan rings is 1. The molecule has 92 valence electrons. The summed E-state index contributed by atoms with van der Waals surface area (Å²) in [7, 11) is 0. The van der Waals surface area contributed by atoms with E-state index in [2.05, 4.69) is 31.4 Å². The SMILES string of the molecule is CC(C)(C)NCCCNCCc1ccco1. The van der Waals surface area contributed by atoms with E-state index < -0.39 is 0 Å². The molecule has 0 bridgehead atoms. The molecule has 3 heteroatoms. The Morgan fingerprint density at radius 2 is 2.00 bits per heavy atom. The number of hydrogen-bond acceptors (Lipinski definition) is 3. The van der Waals surface area contributed by atoms with Gasteiger partial charge in [0.15, 0.2) is 0 Å². The fourth-order valence-corrected chi connectivity index (χ4v) is 1.47. The molecule has 1 heterocycles. The maximum atomic E-state index is 5.25. The average Bonchev–Trinajstić information content (AvgIpc) is 2.67. The molecular formula is C13H24N2O. The van der Waals surface area contributed by atoms with Crippen molar-refractivity contribution in [3.05, 3.63) is 24.2 Å². The molecule has 2 N–H and O–H groups in total. The van der Waals surface area contributed by atoms with Crippen molar-refractivity contribution in [1.82, 2.24) is 10.6 Å². The van der Waals surface area contributed by atoms with Crippen molar-refractivity contribution in [3.63, 3.8) is 0 Å². The third-order valence-electron chi connectivity index (χ3n) is 2.31. The van der Waals surface area contributed by atoms with E-state index in [1.807, 2.05) is 12.1 Å². The predicted octanol–water partition coefficient (Wildman–Crippen LogP) is 2.19. The quantitative estimate of drug-likeness (QED) is 0.697. The number of hydrogen-bond donors (Lipinski definition) is 2. The van der Waals surface area contributed by atoms with Gasteiger partial charge in [-0.1, -0.05) is 0 Å². The van der Waals surface area contributed by atoms with E-state index in [1.54, 1.807) is 6.26 Å². The van der Waals surface area contributed by atoms with Gasteiger partial charge in [-0.3, -0.25) is 0 Å². The minimum absolute atomic E-state index is 0.230. The summed E-state index contributed by atoms with van der Waals surface area (Å²) in [5.74, 6) is 1.06. The van der Waals surface area contributed by atoms with Crippen LogP contribution >= 0.6 is 0 Å². The average molecular weight is 224 g/mol. The first-order valence-electron chi connectivity index (χ1n) is 6.06. The van der Waals surface area contributed by atoms with Crippen LogP contribution in [0.2, 0.25) is 0 Å². The zero-order chi connectivity index (χ0) is 11.9. The Labute approximate surface area is 98.6 Å². The molecule has 0 aromatic carbocycles. The summed E-state index contributed by atoms with van der Waals surface area (Å²) in [6.07, 6.45) is 3.86. The van der Waals surface area contributed by atoms with Crippen LogP contribution in [-0.2, 0) is 6.42 Å². The van der Waals surface area contributed by atoms with Crippen molar-refractivity contribution in [3.8, 4) is 0 Å². The normalized spacial score (nSPS) is 11.9. The summed E-state index contributed by atoms with van der Waals surface area (Å²) in [5, 5.41) is 6.88. The molecule has 0 aliphatic heterocycles. The van der Waals surface area contributed by atoms with Crippen molar-refractivity contribution < 1.29 is 4.42 Å². The largest absolute Gasteiger partial charge is 0.469 e. The minimum atomic E-state index is 0.230. The summed E-state index contributed by atoms with van der Waals surface area (Å²) in [6, 6.07) is 3.95. The van der Waals surface area contributed by atoms with E-state index in [0.717, 1.165) is 38.2 Å². The summed E-state index contributed by atoms with van der Waals surface area (Å²) in [4.78, 5) is 0. The highest BCUT2D eigenvalue weighted by atomic mass is 16.3. The van der Waals surface area contributed by atoms with Crippen molar-refractivity contribution in [2.24, 2.45) is 0 Å². The summed E-state index contributed by atoms with van der Waals surface area (Å²) in [6.45, 7) is 9.69. The monoisotopic (exact) mass is 224 g/mol. The van der Waals surface area contributed by atoms with Crippen LogP contribution in [0.25, 0.3) is 0 Å². The Bertz CT molecular complexity index is 262. The standard InChI is InChI=1S/C13H24N2O/c1-13(2,3)15-9-5-8-14-10-7-12-6-4-11-16-12/h4,6,11,14-15H,5,7-10H2,1-3H3. The van der Waals surface area contributed by atoms with Gasteiger partial charge in [0, 0.05) is 18.5 Å². The van der Waals surface area contributed by atoms with Gasteiger partial charge >= 0.3 is 0 Å². The van der Waals surface area contributed by atoms with Gasteiger partial charge < -0.3 is 15.1 Å². The van der Waals surface area contributed by atoms with Gasteiger partial charge in [0.1, 0.15) is 5.76 Å². The predicted molar refractivity (Wildman–Crippen MR) is 67.7 cm³/mol. The Morgan fingerprint density at radius 1 is 1.19 bits per heavy atom. The lowest BCUT2D eigenvalue weighted by Gasteiger charge is -2.20. The lowest BCUT2D eigenvalue weighted by Crippen LogP contribution is -2.37. The van der Waals surface area contributed by atoms with E-state index in [4.69, 9.17) is 4.42 Å². The van der Waals surface area contributed by atoms with Crippen molar-refractivity contribution in [1.29, 1.82) is 0 Å². The smallest absolute Gasteiger partial charge is 0.105 e. The number of rotatable bonds is 7. The third kappa shape index (κ3) is 6.64. The highest BCUT2D eigenvalue weighted by molar-refractivity contribution is 4.98. The van der Waals surface area contributed by atoms with Gasteiger partial charge in [-0.15, -0.1) is 0 Å². The molecule has 0 atom stereocenters. The minimum Gasteiger partial charge on any atom is -0.469 e. The maximum Gasteiger partial charge on any atom is 0.105 e. The molecule has 0 aliphatic carbocycles. The lowest BCUT2D eigenvalue weighted by atomic mass is 10.1. The Morgan fingerprint density at radius 3 is 2.62 bits per heavy atom. The van der Waals surface area contributed by atoms with Crippen LogP contribution in [0, 0.1) is 0 Å². The maximum absolute atomic E-state index is 5.25. The van der Waals surface area contributed by atoms with Crippen LogP contribution in [-0.4, -0.2) is 25.2 Å². The fraction of sp³-hybridized carbons (Fsp3) is 0.692. The van der Waals surface area contributed by atoms with Crippen LogP contribution < -0.4 is 10.6 Å². The van der Waals surface area contributed by atoms with E-state index in [0.29, 0.717) is 0 Å². The highest BCUT2D eigenvalue weighted by Gasteiger charge is 2.06. The zero-order valence-corrected chi connectivity index (χ0v) is 10.7. The van der Waals surface area contributed by atoms with Crippen LogP contribution in [0.5, 0.6) is 0 Å². The third-order valence-corrected chi connectivity index (χ3v) is 2.31. The Balaban J connectivity index is 1.89. The van der Waals surface area contributed by atoms with Crippen molar-refractivity contribution >= 4 is 0 Å². The molecule has 0 aliphatic rings. The lowest BCUT2D eigenvalue weighted by molar-refractivity contribution is 0.418. The van der Waals surface area contributed by atoms with Crippen LogP contribution in [0.3, 0.4) is 0 Å². The first-order valence-corrected chi connectivity index (χ1v) is 6.06. The second-order valence-corrected chi connectivity index (χ2v) is 5.11. The summed E-state index contributed by atoms with van der Waals surface area (Å²) in [5.41, 5.74) is 0.230. The zero-order valence-electron chi connectivity index (χ0n) is 10.7. The topological polar surface area (TPSA) is 37.2 Å². The number of nitrogens with one attached hydrogen (secondary N) is 2. The fourth-order valence-electron chi connectivity index (χ4n) is 1.47.